The van der Waals surface area contributed by atoms with Crippen molar-refractivity contribution in [2.75, 3.05) is 0 Å². The van der Waals surface area contributed by atoms with E-state index in [4.69, 9.17) is 0 Å². The number of aliphatic hydroxyl groups is 3. The van der Waals surface area contributed by atoms with Gasteiger partial charge >= 0.3 is 0 Å². The van der Waals surface area contributed by atoms with E-state index in [1.54, 1.807) is 5.57 Å². The number of hydrogen-bond acceptors (Lipinski definition) is 3. The van der Waals surface area contributed by atoms with Gasteiger partial charge in [0.05, 0.1) is 17.8 Å². The summed E-state index contributed by atoms with van der Waals surface area (Å²) in [4.78, 5) is 0. The summed E-state index contributed by atoms with van der Waals surface area (Å²) in [5.74, 6) is 2.02. The highest BCUT2D eigenvalue weighted by molar-refractivity contribution is 5.26. The van der Waals surface area contributed by atoms with Crippen LogP contribution in [0.2, 0.25) is 0 Å². The van der Waals surface area contributed by atoms with Crippen molar-refractivity contribution < 1.29 is 15.3 Å². The molecule has 3 aliphatic rings. The summed E-state index contributed by atoms with van der Waals surface area (Å²) in [6, 6.07) is 0. The van der Waals surface area contributed by atoms with Crippen molar-refractivity contribution in [1.82, 2.24) is 0 Å². The first-order chi connectivity index (χ1) is 14.3. The lowest BCUT2D eigenvalue weighted by molar-refractivity contribution is 0.0127. The monoisotopic (exact) mass is 432 g/mol. The average Bonchev–Trinajstić information content (AvgIpc) is 3.00. The van der Waals surface area contributed by atoms with E-state index in [1.165, 1.54) is 37.7 Å². The summed E-state index contributed by atoms with van der Waals surface area (Å²) in [5.41, 5.74) is 2.79. The van der Waals surface area contributed by atoms with Crippen LogP contribution in [0.4, 0.5) is 0 Å². The molecular formula is C28H48O3. The van der Waals surface area contributed by atoms with Gasteiger partial charge in [-0.25, -0.2) is 0 Å². The molecule has 31 heavy (non-hydrogen) atoms. The van der Waals surface area contributed by atoms with Crippen molar-refractivity contribution in [1.29, 1.82) is 0 Å². The van der Waals surface area contributed by atoms with Crippen LogP contribution in [0.5, 0.6) is 0 Å². The molecule has 3 heteroatoms. The zero-order chi connectivity index (χ0) is 23.0. The quantitative estimate of drug-likeness (QED) is 0.470. The second-order valence-electron chi connectivity index (χ2n) is 12.7. The molecule has 3 fully saturated rings. The molecule has 2 unspecified atom stereocenters. The van der Waals surface area contributed by atoms with Crippen molar-refractivity contribution in [2.24, 2.45) is 28.6 Å². The normalized spacial score (nSPS) is 37.1. The van der Waals surface area contributed by atoms with E-state index in [-0.39, 0.29) is 5.41 Å². The summed E-state index contributed by atoms with van der Waals surface area (Å²) in [5, 5.41) is 30.3. The van der Waals surface area contributed by atoms with Gasteiger partial charge in [-0.2, -0.15) is 0 Å². The maximum atomic E-state index is 10.3. The summed E-state index contributed by atoms with van der Waals surface area (Å²) in [7, 11) is 0. The van der Waals surface area contributed by atoms with E-state index in [1.807, 2.05) is 13.8 Å². The van der Waals surface area contributed by atoms with Gasteiger partial charge in [0.15, 0.2) is 0 Å². The topological polar surface area (TPSA) is 60.7 Å². The minimum absolute atomic E-state index is 0.222. The Balaban J connectivity index is 1.74. The highest BCUT2D eigenvalue weighted by Crippen LogP contribution is 2.61. The number of aliphatic hydroxyl groups excluding tert-OH is 2. The highest BCUT2D eigenvalue weighted by Gasteiger charge is 2.52. The molecule has 0 spiro atoms. The molecule has 0 aromatic carbocycles. The lowest BCUT2D eigenvalue weighted by atomic mass is 9.57. The smallest absolute Gasteiger partial charge is 0.0602 e. The van der Waals surface area contributed by atoms with E-state index in [0.29, 0.717) is 36.5 Å². The standard InChI is InChI=1S/C28H48O3/c1-19(26(2,3)14-15-27(4,5)31)24-11-12-25-21(8-7-13-28(24,25)6)10-9-20-16-22(29)18-23(30)17-20/h9-10,19,22-25,29-31H,7-8,11-18H2,1-6H3/b21-10+/t19-,22+,23+,24?,25?,28+/m0/s1. The van der Waals surface area contributed by atoms with Gasteiger partial charge in [-0.1, -0.05) is 51.0 Å². The molecule has 0 amide bonds. The van der Waals surface area contributed by atoms with Crippen LogP contribution < -0.4 is 0 Å². The largest absolute Gasteiger partial charge is 0.393 e. The lowest BCUT2D eigenvalue weighted by Crippen LogP contribution is -2.40. The van der Waals surface area contributed by atoms with Crippen LogP contribution in [0.15, 0.2) is 23.3 Å². The highest BCUT2D eigenvalue weighted by atomic mass is 16.3. The Morgan fingerprint density at radius 3 is 2.29 bits per heavy atom. The molecule has 0 aliphatic heterocycles. The first-order valence-electron chi connectivity index (χ1n) is 12.8. The molecule has 3 rings (SSSR count). The lowest BCUT2D eigenvalue weighted by Gasteiger charge is -2.48. The van der Waals surface area contributed by atoms with E-state index in [0.717, 1.165) is 18.8 Å². The molecule has 178 valence electrons. The van der Waals surface area contributed by atoms with Crippen molar-refractivity contribution in [3.63, 3.8) is 0 Å². The minimum Gasteiger partial charge on any atom is -0.393 e. The van der Waals surface area contributed by atoms with Crippen LogP contribution in [0.3, 0.4) is 0 Å². The molecule has 3 nitrogen and oxygen atoms in total. The Bertz CT molecular complexity index is 671. The summed E-state index contributed by atoms with van der Waals surface area (Å²) in [6.07, 6.45) is 14.0. The first kappa shape index (κ1) is 25.0. The molecule has 0 saturated heterocycles. The molecular weight excluding hydrogens is 384 g/mol. The fourth-order valence-corrected chi connectivity index (χ4v) is 7.03. The fraction of sp³-hybridized carbons (Fsp3) is 0.857. The number of hydrogen-bond donors (Lipinski definition) is 3. The molecule has 0 radical (unpaired) electrons. The molecule has 3 aliphatic carbocycles. The fourth-order valence-electron chi connectivity index (χ4n) is 7.03. The minimum atomic E-state index is -0.590. The molecule has 3 saturated carbocycles. The second-order valence-corrected chi connectivity index (χ2v) is 12.7. The molecule has 6 atom stereocenters. The van der Waals surface area contributed by atoms with Gasteiger partial charge in [0.2, 0.25) is 0 Å². The van der Waals surface area contributed by atoms with Crippen molar-refractivity contribution >= 4 is 0 Å². The SMILES string of the molecule is C[C@@H](C1CCC2/C(=C/C=C3C[C@@H](O)C[C@H](O)C3)CCC[C@@]21C)C(C)(C)CCC(C)(C)O. The molecule has 0 aromatic rings. The zero-order valence-electron chi connectivity index (χ0n) is 21.0. The van der Waals surface area contributed by atoms with Crippen LogP contribution in [0, 0.1) is 28.6 Å². The number of fused-ring (bicyclic) bond motifs is 1. The first-order valence-corrected chi connectivity index (χ1v) is 12.8. The van der Waals surface area contributed by atoms with Crippen molar-refractivity contribution in [3.05, 3.63) is 23.3 Å². The van der Waals surface area contributed by atoms with Gasteiger partial charge < -0.3 is 15.3 Å². The third kappa shape index (κ3) is 5.84. The Labute approximate surface area is 191 Å². The van der Waals surface area contributed by atoms with Gasteiger partial charge in [-0.3, -0.25) is 0 Å². The van der Waals surface area contributed by atoms with E-state index in [2.05, 4.69) is 39.8 Å². The van der Waals surface area contributed by atoms with Gasteiger partial charge in [-0.05, 0) is 107 Å². The van der Waals surface area contributed by atoms with Crippen LogP contribution in [0.25, 0.3) is 0 Å². The van der Waals surface area contributed by atoms with Crippen LogP contribution in [-0.2, 0) is 0 Å². The Morgan fingerprint density at radius 1 is 1.03 bits per heavy atom. The second kappa shape index (κ2) is 9.31. The van der Waals surface area contributed by atoms with Crippen molar-refractivity contribution in [2.45, 2.75) is 124 Å². The molecule has 0 aromatic heterocycles. The Hall–Kier alpha value is -0.640. The maximum Gasteiger partial charge on any atom is 0.0602 e. The van der Waals surface area contributed by atoms with Gasteiger partial charge in [0, 0.05) is 0 Å². The van der Waals surface area contributed by atoms with Gasteiger partial charge in [0.1, 0.15) is 0 Å². The number of rotatable bonds is 6. The Kier molecular flexibility index (Phi) is 7.51. The Morgan fingerprint density at radius 2 is 1.68 bits per heavy atom. The van der Waals surface area contributed by atoms with E-state index < -0.39 is 17.8 Å². The summed E-state index contributed by atoms with van der Waals surface area (Å²) >= 11 is 0. The predicted octanol–water partition coefficient (Wildman–Crippen LogP) is 6.17. The van der Waals surface area contributed by atoms with Gasteiger partial charge in [0.25, 0.3) is 0 Å². The average molecular weight is 433 g/mol. The predicted molar refractivity (Wildman–Crippen MR) is 129 cm³/mol. The summed E-state index contributed by atoms with van der Waals surface area (Å²) in [6.45, 7) is 13.7. The van der Waals surface area contributed by atoms with E-state index >= 15 is 0 Å². The number of allylic oxidation sites excluding steroid dienone is 3. The maximum absolute atomic E-state index is 10.3. The third-order valence-corrected chi connectivity index (χ3v) is 9.33. The van der Waals surface area contributed by atoms with Crippen LogP contribution in [-0.4, -0.2) is 33.1 Å². The van der Waals surface area contributed by atoms with Gasteiger partial charge in [-0.15, -0.1) is 0 Å². The summed E-state index contributed by atoms with van der Waals surface area (Å²) < 4.78 is 0. The third-order valence-electron chi connectivity index (χ3n) is 9.33. The zero-order valence-corrected chi connectivity index (χ0v) is 21.0. The molecule has 0 bridgehead atoms. The van der Waals surface area contributed by atoms with E-state index in [9.17, 15) is 15.3 Å². The molecule has 3 N–H and O–H groups in total. The van der Waals surface area contributed by atoms with Crippen LogP contribution in [0.1, 0.15) is 106 Å². The molecule has 0 heterocycles. The van der Waals surface area contributed by atoms with Crippen molar-refractivity contribution in [3.8, 4) is 0 Å². The van der Waals surface area contributed by atoms with Crippen LogP contribution >= 0.6 is 0 Å².